The molecule has 3 heterocycles. The van der Waals surface area contributed by atoms with E-state index in [9.17, 15) is 19.2 Å². The molecule has 9 heteroatoms. The molecule has 1 aliphatic carbocycles. The first-order valence-corrected chi connectivity index (χ1v) is 13.1. The summed E-state index contributed by atoms with van der Waals surface area (Å²) in [5, 5.41) is 0. The normalized spacial score (nSPS) is 31.2. The van der Waals surface area contributed by atoms with Crippen molar-refractivity contribution in [2.24, 2.45) is 11.8 Å². The number of rotatable bonds is 5. The van der Waals surface area contributed by atoms with E-state index in [4.69, 9.17) is 14.2 Å². The predicted octanol–water partition coefficient (Wildman–Crippen LogP) is 3.11. The van der Waals surface area contributed by atoms with Gasteiger partial charge in [-0.05, 0) is 30.9 Å². The van der Waals surface area contributed by atoms with Gasteiger partial charge in [0.1, 0.15) is 5.78 Å². The quantitative estimate of drug-likeness (QED) is 0.429. The van der Waals surface area contributed by atoms with Gasteiger partial charge in [-0.15, -0.1) is 0 Å². The fourth-order valence-corrected chi connectivity index (χ4v) is 7.17. The summed E-state index contributed by atoms with van der Waals surface area (Å²) < 4.78 is 17.1. The number of carbonyl (C=O) groups excluding carboxylic acids is 4. The zero-order valence-corrected chi connectivity index (χ0v) is 22.1. The summed E-state index contributed by atoms with van der Waals surface area (Å²) >= 11 is 0. The van der Waals surface area contributed by atoms with Crippen molar-refractivity contribution in [3.8, 4) is 0 Å². The van der Waals surface area contributed by atoms with Gasteiger partial charge in [0.2, 0.25) is 5.85 Å². The third-order valence-electron chi connectivity index (χ3n) is 8.71. The molecular formula is C30H30N2O7. The number of esters is 2. The summed E-state index contributed by atoms with van der Waals surface area (Å²) in [5.41, 5.74) is 0.286. The number of amides is 1. The highest BCUT2D eigenvalue weighted by molar-refractivity contribution is 6.12. The van der Waals surface area contributed by atoms with E-state index in [1.165, 1.54) is 19.1 Å². The maximum atomic E-state index is 14.6. The average Bonchev–Trinajstić information content (AvgIpc) is 3.42. The molecule has 5 atom stereocenters. The standard InChI is InChI=1S/C30H30N2O7/c1-18-23(26(34)37-2)25(20-13-8-5-9-14-20)32-27(35)29(28(36)38-3)21-15-10-16-22(33)24(21)30(32,39-29)31(18)17-19-11-6-4-7-12-19/h4-9,11-14,21,24-25H,10,15-17H2,1-3H3/t21?,24?,25?,29-,30-/m0/s1. The molecule has 2 aromatic rings. The van der Waals surface area contributed by atoms with Crippen LogP contribution in [0.3, 0.4) is 0 Å². The van der Waals surface area contributed by atoms with Crippen LogP contribution >= 0.6 is 0 Å². The molecule has 1 amide bonds. The van der Waals surface area contributed by atoms with Gasteiger partial charge in [0.05, 0.1) is 31.8 Å². The van der Waals surface area contributed by atoms with Crippen molar-refractivity contribution in [1.29, 1.82) is 0 Å². The van der Waals surface area contributed by atoms with Crippen molar-refractivity contribution in [3.05, 3.63) is 83.1 Å². The third-order valence-corrected chi connectivity index (χ3v) is 8.71. The molecule has 3 unspecified atom stereocenters. The van der Waals surface area contributed by atoms with Crippen LogP contribution in [-0.2, 0) is 39.9 Å². The molecule has 0 aromatic heterocycles. The average molecular weight is 531 g/mol. The molecule has 39 heavy (non-hydrogen) atoms. The summed E-state index contributed by atoms with van der Waals surface area (Å²) in [6.07, 6.45) is 1.33. The van der Waals surface area contributed by atoms with Crippen LogP contribution in [0.1, 0.15) is 43.4 Å². The number of carbonyl (C=O) groups is 4. The fourth-order valence-electron chi connectivity index (χ4n) is 7.17. The number of benzene rings is 2. The molecule has 2 saturated heterocycles. The number of hydrogen-bond acceptors (Lipinski definition) is 8. The van der Waals surface area contributed by atoms with E-state index >= 15 is 0 Å². The molecule has 4 aliphatic rings. The van der Waals surface area contributed by atoms with Crippen LogP contribution in [0.4, 0.5) is 0 Å². The molecule has 1 spiro atoms. The number of fused-ring (bicyclic) bond motifs is 3. The second kappa shape index (κ2) is 9.05. The Morgan fingerprint density at radius 3 is 2.31 bits per heavy atom. The first-order valence-electron chi connectivity index (χ1n) is 13.1. The van der Waals surface area contributed by atoms with Gasteiger partial charge < -0.3 is 19.1 Å². The van der Waals surface area contributed by atoms with Gasteiger partial charge in [-0.2, -0.15) is 0 Å². The molecule has 9 nitrogen and oxygen atoms in total. The number of Topliss-reactive ketones (excluding diaryl/α,β-unsaturated/α-hetero) is 1. The minimum atomic E-state index is -2.00. The van der Waals surface area contributed by atoms with Crippen molar-refractivity contribution < 1.29 is 33.4 Å². The second-order valence-corrected chi connectivity index (χ2v) is 10.5. The SMILES string of the molecule is COC(=O)C1=C(C)N(Cc2ccccc2)[C@]23O[C@](C(=O)OC)(C(=O)N2C1c1ccccc1)C1CCCC(=O)C13. The van der Waals surface area contributed by atoms with Crippen LogP contribution in [0.25, 0.3) is 0 Å². The predicted molar refractivity (Wildman–Crippen MR) is 137 cm³/mol. The summed E-state index contributed by atoms with van der Waals surface area (Å²) in [6.45, 7) is 2.01. The molecule has 2 aromatic carbocycles. The number of ether oxygens (including phenoxy) is 3. The van der Waals surface area contributed by atoms with Crippen LogP contribution in [0, 0.1) is 11.8 Å². The summed E-state index contributed by atoms with van der Waals surface area (Å²) in [6, 6.07) is 17.7. The Morgan fingerprint density at radius 1 is 1.00 bits per heavy atom. The van der Waals surface area contributed by atoms with Crippen LogP contribution < -0.4 is 0 Å². The molecule has 3 aliphatic heterocycles. The third kappa shape index (κ3) is 3.22. The van der Waals surface area contributed by atoms with E-state index in [-0.39, 0.29) is 17.9 Å². The van der Waals surface area contributed by atoms with Gasteiger partial charge in [0, 0.05) is 24.6 Å². The van der Waals surface area contributed by atoms with E-state index in [2.05, 4.69) is 0 Å². The number of allylic oxidation sites excluding steroid dienone is 1. The van der Waals surface area contributed by atoms with E-state index in [0.717, 1.165) is 5.56 Å². The highest BCUT2D eigenvalue weighted by Gasteiger charge is 2.84. The fraction of sp³-hybridized carbons (Fsp3) is 0.400. The topological polar surface area (TPSA) is 102 Å². The lowest BCUT2D eigenvalue weighted by Crippen LogP contribution is -2.71. The Bertz CT molecular complexity index is 1390. The number of ketones is 1. The molecular weight excluding hydrogens is 500 g/mol. The van der Waals surface area contributed by atoms with Gasteiger partial charge in [-0.25, -0.2) is 9.59 Å². The van der Waals surface area contributed by atoms with Crippen LogP contribution in [-0.4, -0.2) is 59.1 Å². The Kier molecular flexibility index (Phi) is 5.87. The van der Waals surface area contributed by atoms with Crippen molar-refractivity contribution >= 4 is 23.6 Å². The van der Waals surface area contributed by atoms with Crippen LogP contribution in [0.15, 0.2) is 71.9 Å². The molecule has 1 saturated carbocycles. The number of nitrogens with zero attached hydrogens (tertiary/aromatic N) is 2. The Balaban J connectivity index is 1.68. The molecule has 0 N–H and O–H groups in total. The van der Waals surface area contributed by atoms with Gasteiger partial charge in [0.25, 0.3) is 11.5 Å². The largest absolute Gasteiger partial charge is 0.466 e. The van der Waals surface area contributed by atoms with Crippen LogP contribution in [0.2, 0.25) is 0 Å². The Hall–Kier alpha value is -3.98. The molecule has 202 valence electrons. The van der Waals surface area contributed by atoms with E-state index in [1.807, 2.05) is 65.6 Å². The zero-order chi connectivity index (χ0) is 27.5. The van der Waals surface area contributed by atoms with Gasteiger partial charge in [0.15, 0.2) is 0 Å². The highest BCUT2D eigenvalue weighted by atomic mass is 16.6. The number of piperidine rings is 1. The van der Waals surface area contributed by atoms with E-state index in [1.54, 1.807) is 6.92 Å². The van der Waals surface area contributed by atoms with Gasteiger partial charge in [-0.3, -0.25) is 14.5 Å². The first kappa shape index (κ1) is 25.3. The smallest absolute Gasteiger partial charge is 0.348 e. The molecule has 2 bridgehead atoms. The highest BCUT2D eigenvalue weighted by Crippen LogP contribution is 2.66. The minimum absolute atomic E-state index is 0.0753. The minimum Gasteiger partial charge on any atom is -0.466 e. The van der Waals surface area contributed by atoms with Crippen LogP contribution in [0.5, 0.6) is 0 Å². The second-order valence-electron chi connectivity index (χ2n) is 10.5. The zero-order valence-electron chi connectivity index (χ0n) is 22.1. The van der Waals surface area contributed by atoms with Crippen molar-refractivity contribution in [3.63, 3.8) is 0 Å². The van der Waals surface area contributed by atoms with Gasteiger partial charge >= 0.3 is 11.9 Å². The Morgan fingerprint density at radius 2 is 1.67 bits per heavy atom. The number of hydrogen-bond donors (Lipinski definition) is 0. The Labute approximate surface area is 226 Å². The maximum absolute atomic E-state index is 14.6. The first-order chi connectivity index (χ1) is 18.8. The van der Waals surface area contributed by atoms with Gasteiger partial charge in [-0.1, -0.05) is 60.7 Å². The molecule has 6 rings (SSSR count). The molecule has 3 fully saturated rings. The lowest BCUT2D eigenvalue weighted by atomic mass is 9.65. The maximum Gasteiger partial charge on any atom is 0.348 e. The van der Waals surface area contributed by atoms with E-state index in [0.29, 0.717) is 30.5 Å². The lowest BCUT2D eigenvalue weighted by Gasteiger charge is -2.57. The van der Waals surface area contributed by atoms with Crippen molar-refractivity contribution in [1.82, 2.24) is 9.80 Å². The van der Waals surface area contributed by atoms with Crippen molar-refractivity contribution in [2.45, 2.75) is 50.2 Å². The lowest BCUT2D eigenvalue weighted by molar-refractivity contribution is -0.227. The van der Waals surface area contributed by atoms with Crippen molar-refractivity contribution in [2.75, 3.05) is 14.2 Å². The number of methoxy groups -OCH3 is 2. The summed E-state index contributed by atoms with van der Waals surface area (Å²) in [5.74, 6) is -5.24. The molecule has 0 radical (unpaired) electrons. The summed E-state index contributed by atoms with van der Waals surface area (Å²) in [7, 11) is 2.51. The summed E-state index contributed by atoms with van der Waals surface area (Å²) in [4.78, 5) is 58.6. The van der Waals surface area contributed by atoms with E-state index < -0.39 is 47.2 Å². The monoisotopic (exact) mass is 530 g/mol.